The number of carbonyl (C=O) groups is 1. The van der Waals surface area contributed by atoms with Crippen molar-refractivity contribution in [1.29, 1.82) is 0 Å². The van der Waals surface area contributed by atoms with Gasteiger partial charge in [-0.2, -0.15) is 0 Å². The van der Waals surface area contributed by atoms with Crippen molar-refractivity contribution in [2.45, 2.75) is 37.9 Å². The molecule has 0 spiro atoms. The first-order valence-corrected chi connectivity index (χ1v) is 9.10. The first-order valence-electron chi connectivity index (χ1n) is 8.05. The Morgan fingerprint density at radius 1 is 1.35 bits per heavy atom. The fourth-order valence-corrected chi connectivity index (χ4v) is 4.02. The quantitative estimate of drug-likeness (QED) is 0.744. The largest absolute Gasteiger partial charge is 0.355 e. The third kappa shape index (κ3) is 6.02. The topological polar surface area (TPSA) is 44.4 Å². The van der Waals surface area contributed by atoms with Crippen molar-refractivity contribution in [2.24, 2.45) is 5.92 Å². The normalized spacial score (nSPS) is 22.9. The molecule has 20 heavy (non-hydrogen) atoms. The Labute approximate surface area is 127 Å². The van der Waals surface area contributed by atoms with Crippen LogP contribution in [0.2, 0.25) is 0 Å². The molecule has 2 heterocycles. The fourth-order valence-electron chi connectivity index (χ4n) is 2.97. The molecule has 0 radical (unpaired) electrons. The van der Waals surface area contributed by atoms with Gasteiger partial charge in [-0.05, 0) is 57.8 Å². The van der Waals surface area contributed by atoms with E-state index in [1.807, 2.05) is 11.8 Å². The molecule has 2 saturated heterocycles. The SMILES string of the molecule is CC(CNC(=O)CSC1CCNCC1)CN1CCCC1. The molecule has 5 heteroatoms. The Hall–Kier alpha value is -0.260. The summed E-state index contributed by atoms with van der Waals surface area (Å²) in [7, 11) is 0. The number of piperidine rings is 1. The average molecular weight is 299 g/mol. The number of nitrogens with one attached hydrogen (secondary N) is 2. The number of hydrogen-bond donors (Lipinski definition) is 2. The second kappa shape index (κ2) is 8.90. The lowest BCUT2D eigenvalue weighted by molar-refractivity contribution is -0.118. The lowest BCUT2D eigenvalue weighted by atomic mass is 10.1. The maximum atomic E-state index is 11.9. The third-order valence-corrected chi connectivity index (χ3v) is 5.52. The molecule has 2 rings (SSSR count). The van der Waals surface area contributed by atoms with Gasteiger partial charge in [-0.15, -0.1) is 11.8 Å². The summed E-state index contributed by atoms with van der Waals surface area (Å²) in [4.78, 5) is 14.4. The number of thioether (sulfide) groups is 1. The van der Waals surface area contributed by atoms with Gasteiger partial charge in [-0.25, -0.2) is 0 Å². The van der Waals surface area contributed by atoms with Gasteiger partial charge >= 0.3 is 0 Å². The van der Waals surface area contributed by atoms with E-state index in [0.29, 0.717) is 16.9 Å². The molecule has 1 amide bonds. The van der Waals surface area contributed by atoms with Gasteiger partial charge in [0.15, 0.2) is 0 Å². The monoisotopic (exact) mass is 299 g/mol. The molecule has 2 N–H and O–H groups in total. The highest BCUT2D eigenvalue weighted by Crippen LogP contribution is 2.19. The van der Waals surface area contributed by atoms with Crippen LogP contribution in [0, 0.1) is 5.92 Å². The van der Waals surface area contributed by atoms with Crippen LogP contribution in [0.15, 0.2) is 0 Å². The van der Waals surface area contributed by atoms with Gasteiger partial charge < -0.3 is 15.5 Å². The molecule has 116 valence electrons. The number of nitrogens with zero attached hydrogens (tertiary/aromatic N) is 1. The average Bonchev–Trinajstić information content (AvgIpc) is 2.97. The molecule has 2 aliphatic heterocycles. The highest BCUT2D eigenvalue weighted by atomic mass is 32.2. The van der Waals surface area contributed by atoms with Gasteiger partial charge in [0.05, 0.1) is 5.75 Å². The Bertz CT molecular complexity index is 289. The van der Waals surface area contributed by atoms with E-state index in [0.717, 1.165) is 26.2 Å². The van der Waals surface area contributed by atoms with Crippen LogP contribution in [-0.4, -0.2) is 61.1 Å². The second-order valence-corrected chi connectivity index (χ2v) is 7.47. The maximum absolute atomic E-state index is 11.9. The Morgan fingerprint density at radius 3 is 2.75 bits per heavy atom. The predicted molar refractivity (Wildman–Crippen MR) is 86.2 cm³/mol. The minimum atomic E-state index is 0.210. The minimum absolute atomic E-state index is 0.210. The highest BCUT2D eigenvalue weighted by Gasteiger charge is 2.17. The van der Waals surface area contributed by atoms with E-state index < -0.39 is 0 Å². The summed E-state index contributed by atoms with van der Waals surface area (Å²) in [6.07, 6.45) is 5.07. The first kappa shape index (κ1) is 16.1. The van der Waals surface area contributed by atoms with Crippen LogP contribution >= 0.6 is 11.8 Å². The molecule has 0 aromatic rings. The van der Waals surface area contributed by atoms with Crippen LogP contribution in [0.4, 0.5) is 0 Å². The summed E-state index contributed by atoms with van der Waals surface area (Å²) in [6, 6.07) is 0. The number of likely N-dealkylation sites (tertiary alicyclic amines) is 1. The molecule has 2 aliphatic rings. The highest BCUT2D eigenvalue weighted by molar-refractivity contribution is 8.00. The van der Waals surface area contributed by atoms with Crippen LogP contribution in [-0.2, 0) is 4.79 Å². The molecule has 1 unspecified atom stereocenters. The molecule has 0 bridgehead atoms. The molecule has 4 nitrogen and oxygen atoms in total. The third-order valence-electron chi connectivity index (χ3n) is 4.15. The summed E-state index contributed by atoms with van der Waals surface area (Å²) in [6.45, 7) is 8.87. The maximum Gasteiger partial charge on any atom is 0.230 e. The van der Waals surface area contributed by atoms with Crippen LogP contribution in [0.3, 0.4) is 0 Å². The van der Waals surface area contributed by atoms with E-state index >= 15 is 0 Å². The number of rotatable bonds is 7. The van der Waals surface area contributed by atoms with Crippen molar-refractivity contribution in [1.82, 2.24) is 15.5 Å². The standard InChI is InChI=1S/C15H29N3OS/c1-13(11-18-8-2-3-9-18)10-17-15(19)12-20-14-4-6-16-7-5-14/h13-14,16H,2-12H2,1H3,(H,17,19). The van der Waals surface area contributed by atoms with E-state index in [-0.39, 0.29) is 5.91 Å². The molecular formula is C15H29N3OS. The lowest BCUT2D eigenvalue weighted by Crippen LogP contribution is -2.36. The zero-order chi connectivity index (χ0) is 14.2. The Morgan fingerprint density at radius 2 is 2.05 bits per heavy atom. The van der Waals surface area contributed by atoms with E-state index in [1.165, 1.54) is 38.8 Å². The van der Waals surface area contributed by atoms with Crippen LogP contribution < -0.4 is 10.6 Å². The van der Waals surface area contributed by atoms with E-state index in [2.05, 4.69) is 22.5 Å². The lowest BCUT2D eigenvalue weighted by Gasteiger charge is -2.22. The zero-order valence-corrected chi connectivity index (χ0v) is 13.5. The minimum Gasteiger partial charge on any atom is -0.355 e. The molecular weight excluding hydrogens is 270 g/mol. The van der Waals surface area contributed by atoms with E-state index in [9.17, 15) is 4.79 Å². The summed E-state index contributed by atoms with van der Waals surface area (Å²) in [5, 5.41) is 7.12. The predicted octanol–water partition coefficient (Wildman–Crippen LogP) is 1.32. The summed E-state index contributed by atoms with van der Waals surface area (Å²) in [5.41, 5.74) is 0. The van der Waals surface area contributed by atoms with Crippen molar-refractivity contribution < 1.29 is 4.79 Å². The Kier molecular flexibility index (Phi) is 7.17. The van der Waals surface area contributed by atoms with Crippen molar-refractivity contribution >= 4 is 17.7 Å². The molecule has 2 fully saturated rings. The van der Waals surface area contributed by atoms with Gasteiger partial charge in [0.25, 0.3) is 0 Å². The van der Waals surface area contributed by atoms with Crippen LogP contribution in [0.5, 0.6) is 0 Å². The number of carbonyl (C=O) groups excluding carboxylic acids is 1. The van der Waals surface area contributed by atoms with Gasteiger partial charge in [-0.3, -0.25) is 4.79 Å². The number of hydrogen-bond acceptors (Lipinski definition) is 4. The van der Waals surface area contributed by atoms with Crippen molar-refractivity contribution in [3.63, 3.8) is 0 Å². The van der Waals surface area contributed by atoms with Crippen molar-refractivity contribution in [2.75, 3.05) is 45.0 Å². The zero-order valence-electron chi connectivity index (χ0n) is 12.7. The second-order valence-electron chi connectivity index (χ2n) is 6.18. The molecule has 1 atom stereocenters. The summed E-state index contributed by atoms with van der Waals surface area (Å²) >= 11 is 1.83. The smallest absolute Gasteiger partial charge is 0.230 e. The fraction of sp³-hybridized carbons (Fsp3) is 0.933. The van der Waals surface area contributed by atoms with E-state index in [1.54, 1.807) is 0 Å². The summed E-state index contributed by atoms with van der Waals surface area (Å²) in [5.74, 6) is 1.39. The van der Waals surface area contributed by atoms with Crippen LogP contribution in [0.1, 0.15) is 32.6 Å². The van der Waals surface area contributed by atoms with Crippen molar-refractivity contribution in [3.05, 3.63) is 0 Å². The first-order chi connectivity index (χ1) is 9.74. The van der Waals surface area contributed by atoms with Crippen LogP contribution in [0.25, 0.3) is 0 Å². The summed E-state index contributed by atoms with van der Waals surface area (Å²) < 4.78 is 0. The molecule has 0 aromatic carbocycles. The van der Waals surface area contributed by atoms with Gasteiger partial charge in [0.1, 0.15) is 0 Å². The number of amides is 1. The van der Waals surface area contributed by atoms with Crippen molar-refractivity contribution in [3.8, 4) is 0 Å². The van der Waals surface area contributed by atoms with E-state index in [4.69, 9.17) is 0 Å². The molecule has 0 aromatic heterocycles. The molecule has 0 saturated carbocycles. The Balaban J connectivity index is 1.52. The van der Waals surface area contributed by atoms with Gasteiger partial charge in [-0.1, -0.05) is 6.92 Å². The van der Waals surface area contributed by atoms with Gasteiger partial charge in [0.2, 0.25) is 5.91 Å². The van der Waals surface area contributed by atoms with Gasteiger partial charge in [0, 0.05) is 18.3 Å². The molecule has 0 aliphatic carbocycles.